The number of amides is 1. The second kappa shape index (κ2) is 6.60. The van der Waals surface area contributed by atoms with Crippen molar-refractivity contribution < 1.29 is 4.79 Å². The number of hydrogen-bond donors (Lipinski definition) is 1. The largest absolute Gasteiger partial charge is 0.345 e. The van der Waals surface area contributed by atoms with Crippen LogP contribution in [0.3, 0.4) is 0 Å². The van der Waals surface area contributed by atoms with Crippen molar-refractivity contribution in [1.29, 1.82) is 0 Å². The van der Waals surface area contributed by atoms with Crippen molar-refractivity contribution in [3.8, 4) is 0 Å². The molecule has 1 amide bonds. The van der Waals surface area contributed by atoms with Crippen LogP contribution in [0.1, 0.15) is 46.5 Å². The van der Waals surface area contributed by atoms with Crippen LogP contribution in [0, 0.1) is 11.3 Å². The van der Waals surface area contributed by atoms with E-state index in [1.54, 1.807) is 0 Å². The van der Waals surface area contributed by atoms with E-state index in [-0.39, 0.29) is 29.8 Å². The summed E-state index contributed by atoms with van der Waals surface area (Å²) >= 11 is 0. The first-order chi connectivity index (χ1) is 7.29. The lowest BCUT2D eigenvalue weighted by atomic mass is 9.95. The smallest absolute Gasteiger partial charge is 0.222 e. The van der Waals surface area contributed by atoms with E-state index in [2.05, 4.69) is 20.8 Å². The third-order valence-corrected chi connectivity index (χ3v) is 3.29. The summed E-state index contributed by atoms with van der Waals surface area (Å²) in [5, 5.41) is 0. The summed E-state index contributed by atoms with van der Waals surface area (Å²) in [6, 6.07) is 0.243. The molecule has 1 saturated carbocycles. The molecule has 0 aromatic heterocycles. The van der Waals surface area contributed by atoms with Crippen LogP contribution in [-0.2, 0) is 4.79 Å². The SMILES string of the molecule is CN(CC(C)(C)C)C(=O)C[C@@H]1CCC[C@H]1N.Cl. The van der Waals surface area contributed by atoms with Gasteiger partial charge in [-0.2, -0.15) is 0 Å². The Labute approximate surface area is 112 Å². The minimum atomic E-state index is 0. The molecule has 0 aromatic rings. The van der Waals surface area contributed by atoms with Crippen molar-refractivity contribution in [3.05, 3.63) is 0 Å². The Balaban J connectivity index is 0.00000256. The fourth-order valence-electron chi connectivity index (χ4n) is 2.50. The van der Waals surface area contributed by atoms with Gasteiger partial charge in [0.15, 0.2) is 0 Å². The molecule has 102 valence electrons. The molecule has 17 heavy (non-hydrogen) atoms. The summed E-state index contributed by atoms with van der Waals surface area (Å²) < 4.78 is 0. The standard InChI is InChI=1S/C13H26N2O.ClH/c1-13(2,3)9-15(4)12(16)8-10-6-5-7-11(10)14;/h10-11H,5-9,14H2,1-4H3;1H/t10-,11+;/m0./s1. The first kappa shape index (κ1) is 16.7. The van der Waals surface area contributed by atoms with Gasteiger partial charge in [0.05, 0.1) is 0 Å². The summed E-state index contributed by atoms with van der Waals surface area (Å²) in [6.07, 6.45) is 4.02. The average Bonchev–Trinajstić information content (AvgIpc) is 2.49. The maximum absolute atomic E-state index is 12.0. The molecule has 4 heteroatoms. The van der Waals surface area contributed by atoms with Crippen LogP contribution in [0.25, 0.3) is 0 Å². The zero-order chi connectivity index (χ0) is 12.3. The zero-order valence-corrected chi connectivity index (χ0v) is 12.3. The first-order valence-electron chi connectivity index (χ1n) is 6.29. The van der Waals surface area contributed by atoms with Crippen LogP contribution in [-0.4, -0.2) is 30.4 Å². The molecule has 0 bridgehead atoms. The van der Waals surface area contributed by atoms with Crippen LogP contribution in [0.15, 0.2) is 0 Å². The van der Waals surface area contributed by atoms with Crippen molar-refractivity contribution in [2.45, 2.75) is 52.5 Å². The van der Waals surface area contributed by atoms with E-state index >= 15 is 0 Å². The van der Waals surface area contributed by atoms with Gasteiger partial charge in [0.2, 0.25) is 5.91 Å². The average molecular weight is 263 g/mol. The Bertz CT molecular complexity index is 250. The Morgan fingerprint density at radius 3 is 2.35 bits per heavy atom. The Morgan fingerprint density at radius 1 is 1.35 bits per heavy atom. The van der Waals surface area contributed by atoms with Gasteiger partial charge >= 0.3 is 0 Å². The summed E-state index contributed by atoms with van der Waals surface area (Å²) in [5.41, 5.74) is 6.15. The third-order valence-electron chi connectivity index (χ3n) is 3.29. The van der Waals surface area contributed by atoms with Gasteiger partial charge in [-0.1, -0.05) is 27.2 Å². The third kappa shape index (κ3) is 5.73. The number of carbonyl (C=O) groups excluding carboxylic acids is 1. The van der Waals surface area contributed by atoms with Gasteiger partial charge < -0.3 is 10.6 Å². The highest BCUT2D eigenvalue weighted by atomic mass is 35.5. The minimum Gasteiger partial charge on any atom is -0.345 e. The molecule has 0 saturated heterocycles. The second-order valence-electron chi connectivity index (χ2n) is 6.37. The summed E-state index contributed by atoms with van der Waals surface area (Å²) in [7, 11) is 1.90. The highest BCUT2D eigenvalue weighted by Gasteiger charge is 2.28. The molecule has 0 radical (unpaired) electrons. The Morgan fingerprint density at radius 2 is 1.94 bits per heavy atom. The number of nitrogens with two attached hydrogens (primary N) is 1. The van der Waals surface area contributed by atoms with Crippen LogP contribution in [0.2, 0.25) is 0 Å². The van der Waals surface area contributed by atoms with Crippen LogP contribution in [0.5, 0.6) is 0 Å². The van der Waals surface area contributed by atoms with E-state index in [9.17, 15) is 4.79 Å². The monoisotopic (exact) mass is 262 g/mol. The van der Waals surface area contributed by atoms with Gasteiger partial charge in [0.25, 0.3) is 0 Å². The lowest BCUT2D eigenvalue weighted by molar-refractivity contribution is -0.132. The normalized spacial score (nSPS) is 24.3. The van der Waals surface area contributed by atoms with Crippen LogP contribution < -0.4 is 5.73 Å². The van der Waals surface area contributed by atoms with Gasteiger partial charge in [0.1, 0.15) is 0 Å². The van der Waals surface area contributed by atoms with Gasteiger partial charge in [-0.15, -0.1) is 12.4 Å². The molecule has 0 spiro atoms. The zero-order valence-electron chi connectivity index (χ0n) is 11.5. The highest BCUT2D eigenvalue weighted by Crippen LogP contribution is 2.27. The molecule has 0 aromatic carbocycles. The molecule has 2 N–H and O–H groups in total. The van der Waals surface area contributed by atoms with E-state index in [0.717, 1.165) is 19.4 Å². The number of carbonyl (C=O) groups is 1. The predicted octanol–water partition coefficient (Wildman–Crippen LogP) is 2.43. The first-order valence-corrected chi connectivity index (χ1v) is 6.29. The Hall–Kier alpha value is -0.280. The Kier molecular flexibility index (Phi) is 6.49. The summed E-state index contributed by atoms with van der Waals surface area (Å²) in [6.45, 7) is 7.27. The molecule has 0 heterocycles. The highest BCUT2D eigenvalue weighted by molar-refractivity contribution is 5.85. The summed E-state index contributed by atoms with van der Waals surface area (Å²) in [4.78, 5) is 13.8. The number of hydrogen-bond acceptors (Lipinski definition) is 2. The van der Waals surface area contributed by atoms with Crippen molar-refractivity contribution in [1.82, 2.24) is 4.90 Å². The quantitative estimate of drug-likeness (QED) is 0.849. The maximum Gasteiger partial charge on any atom is 0.222 e. The van der Waals surface area contributed by atoms with E-state index < -0.39 is 0 Å². The van der Waals surface area contributed by atoms with Gasteiger partial charge in [0, 0.05) is 26.1 Å². The molecule has 1 rings (SSSR count). The maximum atomic E-state index is 12.0. The molecular weight excluding hydrogens is 236 g/mol. The minimum absolute atomic E-state index is 0. The fraction of sp³-hybridized carbons (Fsp3) is 0.923. The van der Waals surface area contributed by atoms with Crippen molar-refractivity contribution in [2.75, 3.05) is 13.6 Å². The van der Waals surface area contributed by atoms with E-state index in [1.807, 2.05) is 11.9 Å². The molecule has 1 aliphatic rings. The molecule has 2 atom stereocenters. The lowest BCUT2D eigenvalue weighted by Gasteiger charge is -2.28. The van der Waals surface area contributed by atoms with Gasteiger partial charge in [-0.05, 0) is 24.2 Å². The fourth-order valence-corrected chi connectivity index (χ4v) is 2.50. The van der Waals surface area contributed by atoms with E-state index in [4.69, 9.17) is 5.73 Å². The second-order valence-corrected chi connectivity index (χ2v) is 6.37. The van der Waals surface area contributed by atoms with Crippen molar-refractivity contribution in [2.24, 2.45) is 17.1 Å². The van der Waals surface area contributed by atoms with E-state index in [0.29, 0.717) is 12.3 Å². The van der Waals surface area contributed by atoms with E-state index in [1.165, 1.54) is 6.42 Å². The molecule has 0 aliphatic heterocycles. The topological polar surface area (TPSA) is 46.3 Å². The van der Waals surface area contributed by atoms with Crippen molar-refractivity contribution >= 4 is 18.3 Å². The lowest BCUT2D eigenvalue weighted by Crippen LogP contribution is -2.37. The van der Waals surface area contributed by atoms with Gasteiger partial charge in [-0.25, -0.2) is 0 Å². The molecule has 1 fully saturated rings. The van der Waals surface area contributed by atoms with Crippen LogP contribution >= 0.6 is 12.4 Å². The molecule has 0 unspecified atom stereocenters. The molecular formula is C13H27ClN2O. The molecule has 1 aliphatic carbocycles. The predicted molar refractivity (Wildman–Crippen MR) is 74.3 cm³/mol. The number of rotatable bonds is 3. The van der Waals surface area contributed by atoms with Gasteiger partial charge in [-0.3, -0.25) is 4.79 Å². The summed E-state index contributed by atoms with van der Waals surface area (Å²) in [5.74, 6) is 0.659. The number of halogens is 1. The van der Waals surface area contributed by atoms with Crippen molar-refractivity contribution in [3.63, 3.8) is 0 Å². The molecule has 3 nitrogen and oxygen atoms in total. The van der Waals surface area contributed by atoms with Crippen LogP contribution in [0.4, 0.5) is 0 Å². The number of nitrogens with zero attached hydrogens (tertiary/aromatic N) is 1.